The number of rotatable bonds is 0. The van der Waals surface area contributed by atoms with Crippen molar-refractivity contribution < 1.29 is 0 Å². The minimum atomic E-state index is 0.524. The van der Waals surface area contributed by atoms with Crippen molar-refractivity contribution in [2.24, 2.45) is 17.6 Å². The van der Waals surface area contributed by atoms with Crippen LogP contribution in [0.1, 0.15) is 12.8 Å². The van der Waals surface area contributed by atoms with Gasteiger partial charge in [-0.2, -0.15) is 0 Å². The molecule has 58 valence electrons. The molecule has 1 saturated carbocycles. The van der Waals surface area contributed by atoms with Gasteiger partial charge in [-0.15, -0.1) is 0 Å². The highest BCUT2D eigenvalue weighted by molar-refractivity contribution is 4.94. The second-order valence-electron chi connectivity index (χ2n) is 3.90. The molecule has 0 aromatic carbocycles. The molecule has 2 nitrogen and oxygen atoms in total. The van der Waals surface area contributed by atoms with Crippen LogP contribution in [0.25, 0.3) is 0 Å². The Balaban J connectivity index is 2.09. The molecule has 0 aromatic rings. The molecule has 10 heavy (non-hydrogen) atoms. The van der Waals surface area contributed by atoms with Gasteiger partial charge in [-0.1, -0.05) is 0 Å². The van der Waals surface area contributed by atoms with E-state index in [2.05, 4.69) is 11.9 Å². The van der Waals surface area contributed by atoms with E-state index in [0.29, 0.717) is 6.04 Å². The van der Waals surface area contributed by atoms with Crippen LogP contribution in [0.4, 0.5) is 0 Å². The summed E-state index contributed by atoms with van der Waals surface area (Å²) in [7, 11) is 2.21. The van der Waals surface area contributed by atoms with E-state index < -0.39 is 0 Å². The van der Waals surface area contributed by atoms with E-state index in [-0.39, 0.29) is 0 Å². The summed E-state index contributed by atoms with van der Waals surface area (Å²) >= 11 is 0. The van der Waals surface area contributed by atoms with Crippen molar-refractivity contribution in [2.45, 2.75) is 18.9 Å². The molecule has 2 rings (SSSR count). The summed E-state index contributed by atoms with van der Waals surface area (Å²) in [6.07, 6.45) is 2.74. The molecular formula is C8H16N2. The molecule has 1 heterocycles. The molecule has 1 aliphatic carbocycles. The van der Waals surface area contributed by atoms with Crippen LogP contribution < -0.4 is 5.73 Å². The molecule has 2 bridgehead atoms. The molecule has 0 spiro atoms. The van der Waals surface area contributed by atoms with E-state index >= 15 is 0 Å². The summed E-state index contributed by atoms with van der Waals surface area (Å²) in [5.74, 6) is 1.62. The highest BCUT2D eigenvalue weighted by atomic mass is 15.1. The second kappa shape index (κ2) is 2.21. The molecule has 2 heteroatoms. The summed E-state index contributed by atoms with van der Waals surface area (Å²) in [5.41, 5.74) is 6.02. The third kappa shape index (κ3) is 0.867. The number of hydrogen-bond donors (Lipinski definition) is 1. The summed E-state index contributed by atoms with van der Waals surface area (Å²) in [4.78, 5) is 2.42. The lowest BCUT2D eigenvalue weighted by Gasteiger charge is -2.33. The van der Waals surface area contributed by atoms with Crippen molar-refractivity contribution in [2.75, 3.05) is 20.1 Å². The van der Waals surface area contributed by atoms with Gasteiger partial charge in [-0.05, 0) is 31.7 Å². The summed E-state index contributed by atoms with van der Waals surface area (Å²) < 4.78 is 0. The van der Waals surface area contributed by atoms with Crippen molar-refractivity contribution in [3.05, 3.63) is 0 Å². The Hall–Kier alpha value is -0.0800. The second-order valence-corrected chi connectivity index (χ2v) is 3.90. The first-order valence-electron chi connectivity index (χ1n) is 4.21. The van der Waals surface area contributed by atoms with Crippen LogP contribution in [-0.2, 0) is 0 Å². The predicted molar refractivity (Wildman–Crippen MR) is 41.7 cm³/mol. The van der Waals surface area contributed by atoms with Gasteiger partial charge in [0.1, 0.15) is 0 Å². The first kappa shape index (κ1) is 6.62. The molecule has 0 aromatic heterocycles. The zero-order valence-corrected chi connectivity index (χ0v) is 6.59. The Morgan fingerprint density at radius 1 is 1.20 bits per heavy atom. The van der Waals surface area contributed by atoms with E-state index in [0.717, 1.165) is 11.8 Å². The maximum atomic E-state index is 6.02. The van der Waals surface area contributed by atoms with Crippen molar-refractivity contribution in [1.29, 1.82) is 0 Å². The average molecular weight is 140 g/mol. The van der Waals surface area contributed by atoms with Gasteiger partial charge < -0.3 is 10.6 Å². The molecular weight excluding hydrogens is 124 g/mol. The lowest BCUT2D eigenvalue weighted by molar-refractivity contribution is 0.177. The van der Waals surface area contributed by atoms with Crippen molar-refractivity contribution >= 4 is 0 Å². The molecule has 1 saturated heterocycles. The highest BCUT2D eigenvalue weighted by Crippen LogP contribution is 2.34. The van der Waals surface area contributed by atoms with E-state index in [4.69, 9.17) is 5.73 Å². The topological polar surface area (TPSA) is 29.3 Å². The molecule has 2 aliphatic rings. The van der Waals surface area contributed by atoms with Gasteiger partial charge in [0.05, 0.1) is 0 Å². The summed E-state index contributed by atoms with van der Waals surface area (Å²) in [5, 5.41) is 0. The van der Waals surface area contributed by atoms with Crippen LogP contribution in [-0.4, -0.2) is 31.1 Å². The van der Waals surface area contributed by atoms with Gasteiger partial charge >= 0.3 is 0 Å². The largest absolute Gasteiger partial charge is 0.327 e. The molecule has 1 aliphatic heterocycles. The standard InChI is InChI=1S/C8H16N2/c1-10-4-6-2-3-7(5-10)8(6)9/h6-8H,2-5,9H2,1H3/t6-,7-/m1/s1. The summed E-state index contributed by atoms with van der Waals surface area (Å²) in [6, 6.07) is 0.524. The minimum absolute atomic E-state index is 0.524. The van der Waals surface area contributed by atoms with E-state index in [1.165, 1.54) is 25.9 Å². The Labute approximate surface area is 62.4 Å². The summed E-state index contributed by atoms with van der Waals surface area (Å²) in [6.45, 7) is 2.47. The van der Waals surface area contributed by atoms with E-state index in [1.807, 2.05) is 0 Å². The quantitative estimate of drug-likeness (QED) is 0.524. The number of nitrogens with zero attached hydrogens (tertiary/aromatic N) is 1. The Bertz CT molecular complexity index is 121. The van der Waals surface area contributed by atoms with Gasteiger partial charge in [-0.25, -0.2) is 0 Å². The fourth-order valence-corrected chi connectivity index (χ4v) is 2.50. The van der Waals surface area contributed by atoms with Gasteiger partial charge in [-0.3, -0.25) is 0 Å². The van der Waals surface area contributed by atoms with Gasteiger partial charge in [0.25, 0.3) is 0 Å². The average Bonchev–Trinajstić information content (AvgIpc) is 2.20. The number of fused-ring (bicyclic) bond motifs is 2. The van der Waals surface area contributed by atoms with Gasteiger partial charge in [0.2, 0.25) is 0 Å². The lowest BCUT2D eigenvalue weighted by atomic mass is 9.94. The smallest absolute Gasteiger partial charge is 0.0120 e. The minimum Gasteiger partial charge on any atom is -0.327 e. The van der Waals surface area contributed by atoms with Gasteiger partial charge in [0.15, 0.2) is 0 Å². The Morgan fingerprint density at radius 2 is 1.70 bits per heavy atom. The van der Waals surface area contributed by atoms with Crippen LogP contribution in [0.3, 0.4) is 0 Å². The van der Waals surface area contributed by atoms with Crippen molar-refractivity contribution in [1.82, 2.24) is 4.90 Å². The molecule has 2 N–H and O–H groups in total. The SMILES string of the molecule is CN1C[C@H]2CC[C@H](C1)C2N. The number of hydrogen-bond acceptors (Lipinski definition) is 2. The maximum Gasteiger partial charge on any atom is 0.0120 e. The first-order valence-corrected chi connectivity index (χ1v) is 4.21. The molecule has 0 unspecified atom stereocenters. The van der Waals surface area contributed by atoms with Crippen LogP contribution in [0.15, 0.2) is 0 Å². The third-order valence-electron chi connectivity index (χ3n) is 3.09. The maximum absolute atomic E-state index is 6.02. The molecule has 2 fully saturated rings. The zero-order chi connectivity index (χ0) is 7.14. The normalized spacial score (nSPS) is 48.0. The lowest BCUT2D eigenvalue weighted by Crippen LogP contribution is -2.47. The van der Waals surface area contributed by atoms with Crippen LogP contribution >= 0.6 is 0 Å². The third-order valence-corrected chi connectivity index (χ3v) is 3.09. The predicted octanol–water partition coefficient (Wildman–Crippen LogP) is 0.285. The number of likely N-dealkylation sites (tertiary alicyclic amines) is 1. The fraction of sp³-hybridized carbons (Fsp3) is 1.00. The first-order chi connectivity index (χ1) is 4.77. The Kier molecular flexibility index (Phi) is 1.46. The number of piperidine rings is 1. The fourth-order valence-electron chi connectivity index (χ4n) is 2.50. The monoisotopic (exact) mass is 140 g/mol. The molecule has 0 radical (unpaired) electrons. The number of nitrogens with two attached hydrogens (primary N) is 1. The van der Waals surface area contributed by atoms with Crippen LogP contribution in [0, 0.1) is 11.8 Å². The molecule has 0 amide bonds. The van der Waals surface area contributed by atoms with E-state index in [1.54, 1.807) is 0 Å². The van der Waals surface area contributed by atoms with E-state index in [9.17, 15) is 0 Å². The van der Waals surface area contributed by atoms with Crippen LogP contribution in [0.5, 0.6) is 0 Å². The van der Waals surface area contributed by atoms with Crippen LogP contribution in [0.2, 0.25) is 0 Å². The Morgan fingerprint density at radius 3 is 2.20 bits per heavy atom. The zero-order valence-electron chi connectivity index (χ0n) is 6.59. The highest BCUT2D eigenvalue weighted by Gasteiger charge is 2.38. The van der Waals surface area contributed by atoms with Crippen molar-refractivity contribution in [3.63, 3.8) is 0 Å². The van der Waals surface area contributed by atoms with Crippen molar-refractivity contribution in [3.8, 4) is 0 Å². The molecule has 2 atom stereocenters. The van der Waals surface area contributed by atoms with Gasteiger partial charge in [0, 0.05) is 19.1 Å².